The van der Waals surface area contributed by atoms with Crippen LogP contribution >= 0.6 is 28.3 Å². The van der Waals surface area contributed by atoms with Crippen molar-refractivity contribution >= 4 is 38.6 Å². The Hall–Kier alpha value is 1.03. The van der Waals surface area contributed by atoms with E-state index in [4.69, 9.17) is 22.5 Å². The Kier molecular flexibility index (Phi) is 2.77. The van der Waals surface area contributed by atoms with E-state index in [0.29, 0.717) is 5.79 Å². The smallest absolute Gasteiger partial charge is 0.249 e. The molecule has 0 saturated heterocycles. The zero-order valence-corrected chi connectivity index (χ0v) is 7.72. The molecule has 0 unspecified atom stereocenters. The first-order valence-electron chi connectivity index (χ1n) is 1.54. The summed E-state index contributed by atoms with van der Waals surface area (Å²) < 4.78 is 10.1. The predicted molar refractivity (Wildman–Crippen MR) is 34.1 cm³/mol. The Labute approximate surface area is 49.4 Å². The van der Waals surface area contributed by atoms with E-state index in [0.717, 1.165) is 10.2 Å². The van der Waals surface area contributed by atoms with Crippen molar-refractivity contribution in [1.82, 2.24) is 0 Å². The molecule has 38 valence electrons. The second kappa shape index (κ2) is 2.36. The molecule has 0 rings (SSSR count). The number of rotatable bonds is 1. The zero-order chi connectivity index (χ0) is 5.21. The third-order valence-electron chi connectivity index (χ3n) is 0.368. The van der Waals surface area contributed by atoms with Crippen LogP contribution in [0.1, 0.15) is 0 Å². The van der Waals surface area contributed by atoms with Gasteiger partial charge in [-0.05, 0) is 22.5 Å². The average molecular weight is 163 g/mol. The molecule has 0 saturated carbocycles. The number of halogens is 2. The van der Waals surface area contributed by atoms with Gasteiger partial charge in [0.15, 0.2) is 0 Å². The van der Waals surface area contributed by atoms with Crippen molar-refractivity contribution in [2.24, 2.45) is 0 Å². The lowest BCUT2D eigenvalue weighted by Crippen LogP contribution is -1.69. The van der Waals surface area contributed by atoms with Crippen LogP contribution in [-0.4, -0.2) is 16.0 Å². The fourth-order valence-corrected chi connectivity index (χ4v) is 0. The minimum absolute atomic E-state index is 0.496. The van der Waals surface area contributed by atoms with Crippen LogP contribution in [0.25, 0.3) is 0 Å². The SMILES string of the molecule is O=P(Cl)(Cl)C[SiH3]. The van der Waals surface area contributed by atoms with E-state index in [1.807, 2.05) is 0 Å². The molecular weight excluding hydrogens is 158 g/mol. The molecular formula is CH5Cl2OPSi. The lowest BCUT2D eigenvalue weighted by Gasteiger charge is -1.88. The zero-order valence-electron chi connectivity index (χ0n) is 3.32. The van der Waals surface area contributed by atoms with E-state index in [2.05, 4.69) is 0 Å². The largest absolute Gasteiger partial charge is 0.290 e. The highest BCUT2D eigenvalue weighted by molar-refractivity contribution is 8.09. The summed E-state index contributed by atoms with van der Waals surface area (Å²) in [5.41, 5.74) is 0. The molecule has 0 radical (unpaired) electrons. The van der Waals surface area contributed by atoms with Gasteiger partial charge in [0, 0.05) is 16.0 Å². The normalized spacial score (nSPS) is 12.3. The van der Waals surface area contributed by atoms with Gasteiger partial charge in [-0.2, -0.15) is 0 Å². The molecule has 0 fully saturated rings. The molecule has 5 heteroatoms. The molecule has 6 heavy (non-hydrogen) atoms. The van der Waals surface area contributed by atoms with Crippen LogP contribution in [0.4, 0.5) is 0 Å². The summed E-state index contributed by atoms with van der Waals surface area (Å²) in [5.74, 6) is -2.14. The fourth-order valence-electron chi connectivity index (χ4n) is 0. The van der Waals surface area contributed by atoms with Crippen LogP contribution in [0.2, 0.25) is 0 Å². The van der Waals surface area contributed by atoms with Gasteiger partial charge in [0.2, 0.25) is 5.85 Å². The molecule has 0 heterocycles. The topological polar surface area (TPSA) is 17.1 Å². The maximum atomic E-state index is 10.1. The van der Waals surface area contributed by atoms with Crippen molar-refractivity contribution in [3.05, 3.63) is 0 Å². The van der Waals surface area contributed by atoms with Gasteiger partial charge in [0.05, 0.1) is 0 Å². The second-order valence-corrected chi connectivity index (χ2v) is 8.35. The maximum Gasteiger partial charge on any atom is 0.249 e. The van der Waals surface area contributed by atoms with Crippen molar-refractivity contribution < 1.29 is 4.57 Å². The standard InChI is InChI=1S/CH5Cl2OPSi/c2-5(3,4)1-6/h1H2,6H3. The van der Waals surface area contributed by atoms with Crippen molar-refractivity contribution in [2.75, 3.05) is 5.79 Å². The Morgan fingerprint density at radius 1 is 1.67 bits per heavy atom. The van der Waals surface area contributed by atoms with Crippen molar-refractivity contribution in [2.45, 2.75) is 0 Å². The maximum absolute atomic E-state index is 10.1. The highest BCUT2D eigenvalue weighted by Gasteiger charge is 2.06. The van der Waals surface area contributed by atoms with Gasteiger partial charge in [-0.15, -0.1) is 0 Å². The Balaban J connectivity index is 3.48. The molecule has 0 spiro atoms. The van der Waals surface area contributed by atoms with Crippen LogP contribution in [0.5, 0.6) is 0 Å². The van der Waals surface area contributed by atoms with Gasteiger partial charge >= 0.3 is 0 Å². The van der Waals surface area contributed by atoms with Gasteiger partial charge in [-0.3, -0.25) is 4.57 Å². The fraction of sp³-hybridized carbons (Fsp3) is 1.00. The molecule has 0 aromatic heterocycles. The first-order valence-corrected chi connectivity index (χ1v) is 6.66. The van der Waals surface area contributed by atoms with Gasteiger partial charge in [0.25, 0.3) is 0 Å². The molecule has 1 nitrogen and oxygen atoms in total. The minimum atomic E-state index is -2.64. The van der Waals surface area contributed by atoms with Crippen LogP contribution < -0.4 is 0 Å². The van der Waals surface area contributed by atoms with Gasteiger partial charge in [-0.1, -0.05) is 0 Å². The first-order chi connectivity index (χ1) is 2.56. The third-order valence-corrected chi connectivity index (χ3v) is 7.62. The molecule has 0 N–H and O–H groups in total. The summed E-state index contributed by atoms with van der Waals surface area (Å²) in [4.78, 5) is 0. The summed E-state index contributed by atoms with van der Waals surface area (Å²) in [6, 6.07) is 0. The van der Waals surface area contributed by atoms with E-state index in [1.165, 1.54) is 0 Å². The van der Waals surface area contributed by atoms with Gasteiger partial charge < -0.3 is 0 Å². The predicted octanol–water partition coefficient (Wildman–Crippen LogP) is 0.980. The second-order valence-electron chi connectivity index (χ2n) is 0.886. The number of hydrogen-bond donors (Lipinski definition) is 0. The Morgan fingerprint density at radius 3 is 1.83 bits per heavy atom. The molecule has 0 aliphatic carbocycles. The summed E-state index contributed by atoms with van der Waals surface area (Å²) in [5, 5.41) is 0. The molecule has 0 aliphatic rings. The summed E-state index contributed by atoms with van der Waals surface area (Å²) in [6.07, 6.45) is 0. The summed E-state index contributed by atoms with van der Waals surface area (Å²) >= 11 is 10.1. The first kappa shape index (κ1) is 7.03. The lowest BCUT2D eigenvalue weighted by molar-refractivity contribution is 0.595. The highest BCUT2D eigenvalue weighted by Crippen LogP contribution is 2.55. The Bertz CT molecular complexity index is 77.6. The van der Waals surface area contributed by atoms with Crippen molar-refractivity contribution in [3.8, 4) is 0 Å². The van der Waals surface area contributed by atoms with Crippen LogP contribution in [0.15, 0.2) is 0 Å². The van der Waals surface area contributed by atoms with E-state index in [-0.39, 0.29) is 0 Å². The van der Waals surface area contributed by atoms with Crippen LogP contribution in [0, 0.1) is 0 Å². The van der Waals surface area contributed by atoms with E-state index in [1.54, 1.807) is 0 Å². The molecule has 0 aromatic carbocycles. The lowest BCUT2D eigenvalue weighted by atomic mass is 11.9. The third kappa shape index (κ3) is 5.03. The summed E-state index contributed by atoms with van der Waals surface area (Å²) in [6.45, 7) is 0. The molecule has 0 aliphatic heterocycles. The molecule has 0 atom stereocenters. The molecule has 0 aromatic rings. The van der Waals surface area contributed by atoms with E-state index < -0.39 is 5.85 Å². The van der Waals surface area contributed by atoms with Crippen LogP contribution in [-0.2, 0) is 4.57 Å². The van der Waals surface area contributed by atoms with Crippen molar-refractivity contribution in [3.63, 3.8) is 0 Å². The highest BCUT2D eigenvalue weighted by atomic mass is 35.9. The Morgan fingerprint density at radius 2 is 1.83 bits per heavy atom. The average Bonchev–Trinajstić information content (AvgIpc) is 1.35. The molecule has 0 bridgehead atoms. The van der Waals surface area contributed by atoms with E-state index >= 15 is 0 Å². The van der Waals surface area contributed by atoms with Crippen molar-refractivity contribution in [1.29, 1.82) is 0 Å². The van der Waals surface area contributed by atoms with E-state index in [9.17, 15) is 4.57 Å². The monoisotopic (exact) mass is 162 g/mol. The number of hydrogen-bond acceptors (Lipinski definition) is 1. The van der Waals surface area contributed by atoms with Gasteiger partial charge in [-0.25, -0.2) is 0 Å². The quantitative estimate of drug-likeness (QED) is 0.416. The van der Waals surface area contributed by atoms with Crippen LogP contribution in [0.3, 0.4) is 0 Å². The molecule has 0 amide bonds. The minimum Gasteiger partial charge on any atom is -0.290 e. The summed E-state index contributed by atoms with van der Waals surface area (Å²) in [7, 11) is 0.821. The van der Waals surface area contributed by atoms with Gasteiger partial charge in [0.1, 0.15) is 0 Å².